The number of hydrogen-bond acceptors (Lipinski definition) is 5. The molecule has 0 saturated carbocycles. The number of aromatic nitrogens is 1. The number of nitrogens with two attached hydrogens (primary N) is 1. The molecule has 0 fully saturated rings. The number of ether oxygens (including phenoxy) is 1. The number of anilines is 1. The van der Waals surface area contributed by atoms with Gasteiger partial charge < -0.3 is 15.8 Å². The predicted octanol–water partition coefficient (Wildman–Crippen LogP) is 1.97. The molecule has 0 radical (unpaired) electrons. The fraction of sp³-hybridized carbons (Fsp3) is 0.267. The lowest BCUT2D eigenvalue weighted by Crippen LogP contribution is -2.15. The lowest BCUT2D eigenvalue weighted by atomic mass is 10.3. The lowest BCUT2D eigenvalue weighted by molar-refractivity contribution is -0.117. The van der Waals surface area contributed by atoms with E-state index in [0.29, 0.717) is 30.3 Å². The van der Waals surface area contributed by atoms with Crippen molar-refractivity contribution in [1.82, 2.24) is 4.98 Å². The van der Waals surface area contributed by atoms with Gasteiger partial charge in [0, 0.05) is 11.8 Å². The van der Waals surface area contributed by atoms with Crippen molar-refractivity contribution in [2.45, 2.75) is 19.3 Å². The molecule has 0 aliphatic rings. The molecule has 0 bridgehead atoms. The zero-order valence-corrected chi connectivity index (χ0v) is 12.8. The van der Waals surface area contributed by atoms with Gasteiger partial charge in [-0.1, -0.05) is 18.2 Å². The van der Waals surface area contributed by atoms with Crippen LogP contribution in [0.3, 0.4) is 0 Å². The van der Waals surface area contributed by atoms with Crippen LogP contribution in [0.4, 0.5) is 5.13 Å². The minimum atomic E-state index is -0.443. The molecule has 0 unspecified atom stereocenters. The van der Waals surface area contributed by atoms with Crippen LogP contribution in [0.15, 0.2) is 35.7 Å². The quantitative estimate of drug-likeness (QED) is 0.727. The zero-order valence-electron chi connectivity index (χ0n) is 12.0. The van der Waals surface area contributed by atoms with Crippen LogP contribution in [0.5, 0.6) is 5.75 Å². The molecule has 6 nitrogen and oxygen atoms in total. The van der Waals surface area contributed by atoms with Crippen molar-refractivity contribution in [2.24, 2.45) is 5.73 Å². The average molecular weight is 319 g/mol. The van der Waals surface area contributed by atoms with Crippen LogP contribution in [0.1, 0.15) is 18.5 Å². The summed E-state index contributed by atoms with van der Waals surface area (Å²) in [5.74, 6) is 0.219. The average Bonchev–Trinajstić information content (AvgIpc) is 2.91. The standard InChI is InChI=1S/C15H17N3O3S/c16-13(19)9-11-10-22-15(17-11)18-14(20)7-4-8-21-12-5-2-1-3-6-12/h1-3,5-6,10H,4,7-9H2,(H2,16,19)(H,17,18,20). The van der Waals surface area contributed by atoms with Crippen molar-refractivity contribution in [2.75, 3.05) is 11.9 Å². The van der Waals surface area contributed by atoms with Crippen molar-refractivity contribution >= 4 is 28.3 Å². The number of carbonyl (C=O) groups is 2. The second-order valence-corrected chi connectivity index (χ2v) is 5.46. The second kappa shape index (κ2) is 8.14. The Kier molecular flexibility index (Phi) is 5.91. The van der Waals surface area contributed by atoms with E-state index in [1.165, 1.54) is 11.3 Å². The maximum absolute atomic E-state index is 11.8. The summed E-state index contributed by atoms with van der Waals surface area (Å²) in [6.07, 6.45) is 1.04. The number of carbonyl (C=O) groups excluding carboxylic acids is 2. The van der Waals surface area contributed by atoms with Gasteiger partial charge in [0.05, 0.1) is 18.7 Å². The molecule has 0 atom stereocenters. The SMILES string of the molecule is NC(=O)Cc1csc(NC(=O)CCCOc2ccccc2)n1. The van der Waals surface area contributed by atoms with Gasteiger partial charge >= 0.3 is 0 Å². The first kappa shape index (κ1) is 16.0. The topological polar surface area (TPSA) is 94.3 Å². The fourth-order valence-electron chi connectivity index (χ4n) is 1.75. The Morgan fingerprint density at radius 1 is 1.27 bits per heavy atom. The Morgan fingerprint density at radius 2 is 2.05 bits per heavy atom. The normalized spacial score (nSPS) is 10.2. The molecular weight excluding hydrogens is 302 g/mol. The lowest BCUT2D eigenvalue weighted by Gasteiger charge is -2.05. The first-order chi connectivity index (χ1) is 10.6. The van der Waals surface area contributed by atoms with Crippen LogP contribution in [-0.2, 0) is 16.0 Å². The third kappa shape index (κ3) is 5.53. The van der Waals surface area contributed by atoms with E-state index in [2.05, 4.69) is 10.3 Å². The molecule has 0 aliphatic heterocycles. The summed E-state index contributed by atoms with van der Waals surface area (Å²) in [5.41, 5.74) is 5.66. The van der Waals surface area contributed by atoms with E-state index in [1.54, 1.807) is 5.38 Å². The number of nitrogens with one attached hydrogen (secondary N) is 1. The van der Waals surface area contributed by atoms with Crippen LogP contribution < -0.4 is 15.8 Å². The van der Waals surface area contributed by atoms with Crippen LogP contribution in [-0.4, -0.2) is 23.4 Å². The van der Waals surface area contributed by atoms with Crippen molar-refractivity contribution in [3.8, 4) is 5.75 Å². The molecule has 0 aliphatic carbocycles. The third-order valence-electron chi connectivity index (χ3n) is 2.71. The second-order valence-electron chi connectivity index (χ2n) is 4.60. The van der Waals surface area contributed by atoms with E-state index >= 15 is 0 Å². The minimum Gasteiger partial charge on any atom is -0.494 e. The van der Waals surface area contributed by atoms with E-state index in [4.69, 9.17) is 10.5 Å². The van der Waals surface area contributed by atoms with Crippen molar-refractivity contribution in [1.29, 1.82) is 0 Å². The van der Waals surface area contributed by atoms with Gasteiger partial charge in [0.25, 0.3) is 0 Å². The molecule has 2 rings (SSSR count). The van der Waals surface area contributed by atoms with Gasteiger partial charge in [-0.15, -0.1) is 11.3 Å². The molecule has 7 heteroatoms. The molecule has 3 N–H and O–H groups in total. The van der Waals surface area contributed by atoms with E-state index in [-0.39, 0.29) is 12.3 Å². The van der Waals surface area contributed by atoms with E-state index in [1.807, 2.05) is 30.3 Å². The third-order valence-corrected chi connectivity index (χ3v) is 3.52. The molecule has 2 aromatic rings. The van der Waals surface area contributed by atoms with Gasteiger partial charge in [-0.25, -0.2) is 4.98 Å². The Bertz CT molecular complexity index is 628. The Hall–Kier alpha value is -2.41. The molecule has 22 heavy (non-hydrogen) atoms. The van der Waals surface area contributed by atoms with Crippen LogP contribution in [0.2, 0.25) is 0 Å². The zero-order chi connectivity index (χ0) is 15.8. The Labute approximate surface area is 132 Å². The van der Waals surface area contributed by atoms with Crippen molar-refractivity contribution < 1.29 is 14.3 Å². The van der Waals surface area contributed by atoms with Gasteiger partial charge in [0.15, 0.2) is 5.13 Å². The van der Waals surface area contributed by atoms with Crippen LogP contribution in [0.25, 0.3) is 0 Å². The van der Waals surface area contributed by atoms with Crippen molar-refractivity contribution in [3.05, 3.63) is 41.4 Å². The smallest absolute Gasteiger partial charge is 0.226 e. The molecule has 0 saturated heterocycles. The fourth-order valence-corrected chi connectivity index (χ4v) is 2.47. The highest BCUT2D eigenvalue weighted by Gasteiger charge is 2.08. The van der Waals surface area contributed by atoms with Gasteiger partial charge in [-0.05, 0) is 18.6 Å². The van der Waals surface area contributed by atoms with E-state index in [0.717, 1.165) is 5.75 Å². The molecule has 1 aromatic heterocycles. The van der Waals surface area contributed by atoms with Crippen LogP contribution >= 0.6 is 11.3 Å². The Morgan fingerprint density at radius 3 is 2.77 bits per heavy atom. The largest absolute Gasteiger partial charge is 0.494 e. The summed E-state index contributed by atoms with van der Waals surface area (Å²) in [5, 5.41) is 4.88. The molecular formula is C15H17N3O3S. The van der Waals surface area contributed by atoms with Crippen LogP contribution in [0, 0.1) is 0 Å². The van der Waals surface area contributed by atoms with Gasteiger partial charge in [-0.2, -0.15) is 0 Å². The number of thiazole rings is 1. The number of rotatable bonds is 8. The number of primary amides is 1. The molecule has 1 heterocycles. The first-order valence-corrected chi connectivity index (χ1v) is 7.72. The summed E-state index contributed by atoms with van der Waals surface area (Å²) in [6, 6.07) is 9.45. The van der Waals surface area contributed by atoms with Gasteiger partial charge in [0.2, 0.25) is 11.8 Å². The van der Waals surface area contributed by atoms with Gasteiger partial charge in [-0.3, -0.25) is 9.59 Å². The molecule has 116 valence electrons. The summed E-state index contributed by atoms with van der Waals surface area (Å²) in [4.78, 5) is 26.7. The number of amides is 2. The maximum Gasteiger partial charge on any atom is 0.226 e. The highest BCUT2D eigenvalue weighted by Crippen LogP contribution is 2.16. The summed E-state index contributed by atoms with van der Waals surface area (Å²) in [7, 11) is 0. The first-order valence-electron chi connectivity index (χ1n) is 6.84. The Balaban J connectivity index is 1.67. The van der Waals surface area contributed by atoms with E-state index in [9.17, 15) is 9.59 Å². The summed E-state index contributed by atoms with van der Waals surface area (Å²) in [6.45, 7) is 0.474. The maximum atomic E-state index is 11.8. The highest BCUT2D eigenvalue weighted by molar-refractivity contribution is 7.13. The van der Waals surface area contributed by atoms with Gasteiger partial charge in [0.1, 0.15) is 5.75 Å². The van der Waals surface area contributed by atoms with Crippen molar-refractivity contribution in [3.63, 3.8) is 0 Å². The molecule has 2 amide bonds. The predicted molar refractivity (Wildman–Crippen MR) is 84.8 cm³/mol. The monoisotopic (exact) mass is 319 g/mol. The molecule has 0 spiro atoms. The number of hydrogen-bond donors (Lipinski definition) is 2. The molecule has 1 aromatic carbocycles. The summed E-state index contributed by atoms with van der Waals surface area (Å²) < 4.78 is 5.51. The minimum absolute atomic E-state index is 0.0806. The number of para-hydroxylation sites is 1. The number of nitrogens with zero attached hydrogens (tertiary/aromatic N) is 1. The summed E-state index contributed by atoms with van der Waals surface area (Å²) >= 11 is 1.27. The number of benzene rings is 1. The highest BCUT2D eigenvalue weighted by atomic mass is 32.1. The van der Waals surface area contributed by atoms with E-state index < -0.39 is 5.91 Å².